The summed E-state index contributed by atoms with van der Waals surface area (Å²) in [6.07, 6.45) is 0.219. The quantitative estimate of drug-likeness (QED) is 0.548. The molecule has 0 radical (unpaired) electrons. The van der Waals surface area contributed by atoms with Gasteiger partial charge >= 0.3 is 0 Å². The number of nitro groups is 1. The third kappa shape index (κ3) is 5.82. The summed E-state index contributed by atoms with van der Waals surface area (Å²) < 4.78 is 11.4. The summed E-state index contributed by atoms with van der Waals surface area (Å²) in [4.78, 5) is 12.4. The molecule has 1 aliphatic heterocycles. The van der Waals surface area contributed by atoms with Crippen molar-refractivity contribution in [1.82, 2.24) is 4.90 Å². The maximum atomic E-state index is 10.7. The SMILES string of the molecule is O=[N+]([O-])c1ccc(OC2CCN(CC(O)COc3ccc(Cl)cc3)C2)cc1. The summed E-state index contributed by atoms with van der Waals surface area (Å²) in [6.45, 7) is 2.20. The lowest BCUT2D eigenvalue weighted by molar-refractivity contribution is -0.384. The number of nitrogens with zero attached hydrogens (tertiary/aromatic N) is 2. The van der Waals surface area contributed by atoms with E-state index < -0.39 is 11.0 Å². The van der Waals surface area contributed by atoms with Crippen molar-refractivity contribution in [3.63, 3.8) is 0 Å². The fourth-order valence-corrected chi connectivity index (χ4v) is 3.10. The lowest BCUT2D eigenvalue weighted by Crippen LogP contribution is -2.35. The van der Waals surface area contributed by atoms with Crippen LogP contribution in [0.2, 0.25) is 5.02 Å². The predicted octanol–water partition coefficient (Wildman–Crippen LogP) is 3.14. The van der Waals surface area contributed by atoms with Gasteiger partial charge in [0, 0.05) is 36.8 Å². The molecular formula is C19H21ClN2O5. The monoisotopic (exact) mass is 392 g/mol. The summed E-state index contributed by atoms with van der Waals surface area (Å²) in [5, 5.41) is 21.5. The van der Waals surface area contributed by atoms with Gasteiger partial charge in [0.1, 0.15) is 30.3 Å². The van der Waals surface area contributed by atoms with E-state index in [1.54, 1.807) is 36.4 Å². The van der Waals surface area contributed by atoms with E-state index in [2.05, 4.69) is 4.90 Å². The average molecular weight is 393 g/mol. The summed E-state index contributed by atoms with van der Waals surface area (Å²) in [6, 6.07) is 13.1. The third-order valence-corrected chi connectivity index (χ3v) is 4.56. The molecule has 0 aromatic heterocycles. The number of aliphatic hydroxyl groups is 1. The van der Waals surface area contributed by atoms with E-state index in [1.807, 2.05) is 0 Å². The first-order valence-electron chi connectivity index (χ1n) is 8.69. The van der Waals surface area contributed by atoms with Crippen molar-refractivity contribution in [3.8, 4) is 11.5 Å². The van der Waals surface area contributed by atoms with Crippen molar-refractivity contribution in [2.45, 2.75) is 18.6 Å². The van der Waals surface area contributed by atoms with Gasteiger partial charge in [0.15, 0.2) is 0 Å². The normalized spacial score (nSPS) is 18.2. The number of non-ortho nitro benzene ring substituents is 1. The summed E-state index contributed by atoms with van der Waals surface area (Å²) in [5.74, 6) is 1.28. The molecule has 0 amide bonds. The van der Waals surface area contributed by atoms with Crippen molar-refractivity contribution in [2.75, 3.05) is 26.2 Å². The Hall–Kier alpha value is -2.35. The molecule has 2 atom stereocenters. The number of ether oxygens (including phenoxy) is 2. The molecule has 1 heterocycles. The van der Waals surface area contributed by atoms with E-state index in [0.717, 1.165) is 13.0 Å². The molecular weight excluding hydrogens is 372 g/mol. The number of hydrogen-bond donors (Lipinski definition) is 1. The van der Waals surface area contributed by atoms with Gasteiger partial charge in [0.25, 0.3) is 5.69 Å². The van der Waals surface area contributed by atoms with Crippen LogP contribution in [0.5, 0.6) is 11.5 Å². The lowest BCUT2D eigenvalue weighted by atomic mass is 10.3. The molecule has 0 saturated carbocycles. The van der Waals surface area contributed by atoms with Crippen LogP contribution < -0.4 is 9.47 Å². The van der Waals surface area contributed by atoms with Crippen molar-refractivity contribution < 1.29 is 19.5 Å². The zero-order chi connectivity index (χ0) is 19.2. The second kappa shape index (κ2) is 9.03. The third-order valence-electron chi connectivity index (χ3n) is 4.30. The fraction of sp³-hybridized carbons (Fsp3) is 0.368. The average Bonchev–Trinajstić information content (AvgIpc) is 3.08. The van der Waals surface area contributed by atoms with E-state index in [4.69, 9.17) is 21.1 Å². The van der Waals surface area contributed by atoms with Gasteiger partial charge < -0.3 is 14.6 Å². The Labute approximate surface area is 162 Å². The predicted molar refractivity (Wildman–Crippen MR) is 102 cm³/mol. The largest absolute Gasteiger partial charge is 0.491 e. The Kier molecular flexibility index (Phi) is 6.49. The smallest absolute Gasteiger partial charge is 0.269 e. The second-order valence-electron chi connectivity index (χ2n) is 6.46. The Morgan fingerprint density at radius 2 is 1.85 bits per heavy atom. The molecule has 7 nitrogen and oxygen atoms in total. The number of aliphatic hydroxyl groups excluding tert-OH is 1. The molecule has 2 aromatic carbocycles. The van der Waals surface area contributed by atoms with Gasteiger partial charge in [-0.15, -0.1) is 0 Å². The van der Waals surface area contributed by atoms with Crippen LogP contribution in [-0.4, -0.2) is 53.4 Å². The van der Waals surface area contributed by atoms with Gasteiger partial charge in [-0.1, -0.05) is 11.6 Å². The number of likely N-dealkylation sites (tertiary alicyclic amines) is 1. The van der Waals surface area contributed by atoms with E-state index in [0.29, 0.717) is 29.6 Å². The van der Waals surface area contributed by atoms with E-state index in [9.17, 15) is 15.2 Å². The molecule has 1 fully saturated rings. The molecule has 2 aromatic rings. The minimum absolute atomic E-state index is 0.00385. The highest BCUT2D eigenvalue weighted by atomic mass is 35.5. The van der Waals surface area contributed by atoms with Gasteiger partial charge in [0.2, 0.25) is 0 Å². The molecule has 144 valence electrons. The number of β-amino-alcohol motifs (C(OH)–C–C–N with tert-alkyl or cyclic N) is 1. The van der Waals surface area contributed by atoms with Crippen LogP contribution in [-0.2, 0) is 0 Å². The van der Waals surface area contributed by atoms with Gasteiger partial charge in [-0.3, -0.25) is 15.0 Å². The van der Waals surface area contributed by atoms with Crippen LogP contribution in [0.25, 0.3) is 0 Å². The number of rotatable bonds is 8. The van der Waals surface area contributed by atoms with E-state index in [1.165, 1.54) is 12.1 Å². The molecule has 0 spiro atoms. The van der Waals surface area contributed by atoms with Crippen LogP contribution >= 0.6 is 11.6 Å². The van der Waals surface area contributed by atoms with Crippen LogP contribution in [0.15, 0.2) is 48.5 Å². The van der Waals surface area contributed by atoms with Crippen LogP contribution in [0.3, 0.4) is 0 Å². The van der Waals surface area contributed by atoms with E-state index >= 15 is 0 Å². The van der Waals surface area contributed by atoms with Gasteiger partial charge in [0.05, 0.1) is 4.92 Å². The second-order valence-corrected chi connectivity index (χ2v) is 6.89. The zero-order valence-corrected chi connectivity index (χ0v) is 15.4. The van der Waals surface area contributed by atoms with Crippen LogP contribution in [0.4, 0.5) is 5.69 Å². The molecule has 8 heteroatoms. The highest BCUT2D eigenvalue weighted by Gasteiger charge is 2.25. The summed E-state index contributed by atoms with van der Waals surface area (Å²) >= 11 is 5.83. The summed E-state index contributed by atoms with van der Waals surface area (Å²) in [7, 11) is 0. The maximum Gasteiger partial charge on any atom is 0.269 e. The van der Waals surface area contributed by atoms with Gasteiger partial charge in [-0.2, -0.15) is 0 Å². The zero-order valence-electron chi connectivity index (χ0n) is 14.7. The molecule has 27 heavy (non-hydrogen) atoms. The summed E-state index contributed by atoms with van der Waals surface area (Å²) in [5.41, 5.74) is 0.0409. The number of halogens is 1. The molecule has 0 bridgehead atoms. The van der Waals surface area contributed by atoms with E-state index in [-0.39, 0.29) is 18.4 Å². The minimum Gasteiger partial charge on any atom is -0.491 e. The van der Waals surface area contributed by atoms with Crippen molar-refractivity contribution >= 4 is 17.3 Å². The first-order chi connectivity index (χ1) is 13.0. The Bertz CT molecular complexity index is 754. The van der Waals surface area contributed by atoms with Crippen molar-refractivity contribution in [3.05, 3.63) is 63.7 Å². The van der Waals surface area contributed by atoms with Crippen LogP contribution in [0.1, 0.15) is 6.42 Å². The highest BCUT2D eigenvalue weighted by Crippen LogP contribution is 2.22. The molecule has 1 saturated heterocycles. The highest BCUT2D eigenvalue weighted by molar-refractivity contribution is 6.30. The first kappa shape index (κ1) is 19.4. The van der Waals surface area contributed by atoms with Crippen LogP contribution in [0, 0.1) is 10.1 Å². The minimum atomic E-state index is -0.612. The maximum absolute atomic E-state index is 10.7. The number of nitro benzene ring substituents is 1. The van der Waals surface area contributed by atoms with Crippen molar-refractivity contribution in [2.24, 2.45) is 0 Å². The molecule has 3 rings (SSSR count). The first-order valence-corrected chi connectivity index (χ1v) is 9.07. The standard InChI is InChI=1S/C19H21ClN2O5/c20-14-1-5-17(6-2-14)26-13-16(23)11-21-10-9-19(12-21)27-18-7-3-15(4-8-18)22(24)25/h1-8,16,19,23H,9-13H2. The molecule has 2 unspecified atom stereocenters. The van der Waals surface area contributed by atoms with Gasteiger partial charge in [-0.25, -0.2) is 0 Å². The molecule has 1 N–H and O–H groups in total. The molecule has 0 aliphatic carbocycles. The lowest BCUT2D eigenvalue weighted by Gasteiger charge is -2.20. The number of benzene rings is 2. The van der Waals surface area contributed by atoms with Gasteiger partial charge in [-0.05, 0) is 42.8 Å². The Balaban J connectivity index is 1.41. The Morgan fingerprint density at radius 3 is 2.52 bits per heavy atom. The molecule has 1 aliphatic rings. The topological polar surface area (TPSA) is 85.1 Å². The van der Waals surface area contributed by atoms with Crippen molar-refractivity contribution in [1.29, 1.82) is 0 Å². The Morgan fingerprint density at radius 1 is 1.19 bits per heavy atom. The number of hydrogen-bond acceptors (Lipinski definition) is 6. The fourth-order valence-electron chi connectivity index (χ4n) is 2.97.